The van der Waals surface area contributed by atoms with Gasteiger partial charge >= 0.3 is 6.09 Å². The third-order valence-electron chi connectivity index (χ3n) is 4.78. The zero-order chi connectivity index (χ0) is 19.0. The second-order valence-electron chi connectivity index (χ2n) is 6.41. The lowest BCUT2D eigenvalue weighted by atomic mass is 10.1. The van der Waals surface area contributed by atoms with Crippen molar-refractivity contribution in [1.29, 1.82) is 0 Å². The average Bonchev–Trinajstić information content (AvgIpc) is 3.25. The van der Waals surface area contributed by atoms with Crippen molar-refractivity contribution in [3.63, 3.8) is 0 Å². The topological polar surface area (TPSA) is 77.3 Å². The van der Waals surface area contributed by atoms with Crippen molar-refractivity contribution in [2.24, 2.45) is 7.05 Å². The molecule has 3 aromatic rings. The van der Waals surface area contributed by atoms with Gasteiger partial charge in [0.2, 0.25) is 0 Å². The number of aromatic nitrogens is 3. The Morgan fingerprint density at radius 1 is 1.22 bits per heavy atom. The highest BCUT2D eigenvalue weighted by Crippen LogP contribution is 2.28. The van der Waals surface area contributed by atoms with Gasteiger partial charge in [-0.3, -0.25) is 4.79 Å². The fourth-order valence-corrected chi connectivity index (χ4v) is 3.26. The molecule has 7 nitrogen and oxygen atoms in total. The van der Waals surface area contributed by atoms with Crippen molar-refractivity contribution >= 4 is 29.1 Å². The summed E-state index contributed by atoms with van der Waals surface area (Å²) >= 11 is 0. The number of rotatable bonds is 3. The summed E-state index contributed by atoms with van der Waals surface area (Å²) in [7, 11) is 1.83. The van der Waals surface area contributed by atoms with E-state index in [-0.39, 0.29) is 6.61 Å². The maximum atomic E-state index is 12.7. The molecule has 136 valence electrons. The van der Waals surface area contributed by atoms with Crippen molar-refractivity contribution in [3.05, 3.63) is 65.2 Å². The quantitative estimate of drug-likeness (QED) is 0.670. The largest absolute Gasteiger partial charge is 0.446 e. The standard InChI is InChI=1S/C20H18N4O3/c1-13-14(8-10-16-19(13)21-22-23(16)2)9-11-18(25)24-17(12-27-20(24)26)15-6-4-3-5-7-15/h3-11,17H,12H2,1-2H3. The van der Waals surface area contributed by atoms with Gasteiger partial charge in [0.05, 0.1) is 5.52 Å². The van der Waals surface area contributed by atoms with Crippen molar-refractivity contribution in [3.8, 4) is 0 Å². The Morgan fingerprint density at radius 3 is 2.78 bits per heavy atom. The normalized spacial score (nSPS) is 17.0. The molecule has 1 unspecified atom stereocenters. The van der Waals surface area contributed by atoms with Crippen molar-refractivity contribution in [2.75, 3.05) is 6.61 Å². The molecule has 0 saturated carbocycles. The van der Waals surface area contributed by atoms with E-state index in [4.69, 9.17) is 4.74 Å². The fourth-order valence-electron chi connectivity index (χ4n) is 3.26. The van der Waals surface area contributed by atoms with Crippen LogP contribution in [-0.4, -0.2) is 38.5 Å². The van der Waals surface area contributed by atoms with Crippen molar-refractivity contribution in [1.82, 2.24) is 19.9 Å². The molecule has 1 aliphatic rings. The first-order valence-electron chi connectivity index (χ1n) is 8.58. The lowest BCUT2D eigenvalue weighted by molar-refractivity contribution is -0.124. The number of benzene rings is 2. The predicted octanol–water partition coefficient (Wildman–Crippen LogP) is 3.01. The Balaban J connectivity index is 1.61. The molecule has 0 radical (unpaired) electrons. The molecule has 0 N–H and O–H groups in total. The second-order valence-corrected chi connectivity index (χ2v) is 6.41. The lowest BCUT2D eigenvalue weighted by Crippen LogP contribution is -2.32. The number of imide groups is 1. The molecule has 1 aliphatic heterocycles. The Labute approximate surface area is 155 Å². The highest BCUT2D eigenvalue weighted by Gasteiger charge is 2.37. The number of hydrogen-bond donors (Lipinski definition) is 0. The highest BCUT2D eigenvalue weighted by molar-refractivity contribution is 6.02. The van der Waals surface area contributed by atoms with Gasteiger partial charge in [-0.2, -0.15) is 0 Å². The second kappa shape index (κ2) is 6.68. The fraction of sp³-hybridized carbons (Fsp3) is 0.200. The SMILES string of the molecule is Cc1c(C=CC(=O)N2C(=O)OCC2c2ccccc2)ccc2c1nnn2C. The Morgan fingerprint density at radius 2 is 2.00 bits per heavy atom. The zero-order valence-corrected chi connectivity index (χ0v) is 15.0. The maximum absolute atomic E-state index is 12.7. The summed E-state index contributed by atoms with van der Waals surface area (Å²) in [6, 6.07) is 12.8. The third-order valence-corrected chi connectivity index (χ3v) is 4.78. The summed E-state index contributed by atoms with van der Waals surface area (Å²) in [6.45, 7) is 2.09. The first kappa shape index (κ1) is 17.0. The van der Waals surface area contributed by atoms with Gasteiger partial charge in [0, 0.05) is 13.1 Å². The van der Waals surface area contributed by atoms with Crippen LogP contribution in [0.25, 0.3) is 17.1 Å². The number of carbonyl (C=O) groups is 2. The van der Waals surface area contributed by atoms with Gasteiger partial charge in [-0.05, 0) is 35.8 Å². The number of ether oxygens (including phenoxy) is 1. The molecular formula is C20H18N4O3. The van der Waals surface area contributed by atoms with Crippen LogP contribution in [0.1, 0.15) is 22.7 Å². The number of nitrogens with zero attached hydrogens (tertiary/aromatic N) is 4. The summed E-state index contributed by atoms with van der Waals surface area (Å²) in [6.07, 6.45) is 2.46. The molecular weight excluding hydrogens is 344 g/mol. The first-order valence-corrected chi connectivity index (χ1v) is 8.58. The number of cyclic esters (lactones) is 1. The summed E-state index contributed by atoms with van der Waals surface area (Å²) in [5, 5.41) is 8.17. The van der Waals surface area contributed by atoms with E-state index in [2.05, 4.69) is 10.3 Å². The molecule has 27 heavy (non-hydrogen) atoms. The molecule has 0 bridgehead atoms. The molecule has 1 aromatic heterocycles. The van der Waals surface area contributed by atoms with E-state index >= 15 is 0 Å². The molecule has 1 fully saturated rings. The van der Waals surface area contributed by atoms with E-state index in [0.29, 0.717) is 0 Å². The molecule has 2 amide bonds. The van der Waals surface area contributed by atoms with Crippen molar-refractivity contribution < 1.29 is 14.3 Å². The Kier molecular flexibility index (Phi) is 4.19. The van der Waals surface area contributed by atoms with Crippen LogP contribution in [0.4, 0.5) is 4.79 Å². The van der Waals surface area contributed by atoms with Crippen LogP contribution in [0, 0.1) is 6.92 Å². The average molecular weight is 362 g/mol. The van der Waals surface area contributed by atoms with Gasteiger partial charge in [-0.15, -0.1) is 5.10 Å². The van der Waals surface area contributed by atoms with E-state index in [1.54, 1.807) is 10.8 Å². The molecule has 2 aromatic carbocycles. The van der Waals surface area contributed by atoms with E-state index < -0.39 is 18.0 Å². The Bertz CT molecular complexity index is 1060. The first-order chi connectivity index (χ1) is 13.1. The van der Waals surface area contributed by atoms with Crippen LogP contribution < -0.4 is 0 Å². The summed E-state index contributed by atoms with van der Waals surface area (Å²) in [4.78, 5) is 25.9. The van der Waals surface area contributed by atoms with E-state index in [9.17, 15) is 9.59 Å². The maximum Gasteiger partial charge on any atom is 0.417 e. The monoisotopic (exact) mass is 362 g/mol. The molecule has 0 aliphatic carbocycles. The summed E-state index contributed by atoms with van der Waals surface area (Å²) < 4.78 is 6.80. The minimum atomic E-state index is -0.625. The van der Waals surface area contributed by atoms with E-state index in [1.165, 1.54) is 6.08 Å². The number of fused-ring (bicyclic) bond motifs is 1. The van der Waals surface area contributed by atoms with Gasteiger partial charge in [-0.1, -0.05) is 41.6 Å². The predicted molar refractivity (Wildman–Crippen MR) is 99.7 cm³/mol. The van der Waals surface area contributed by atoms with Crippen LogP contribution in [-0.2, 0) is 16.6 Å². The minimum Gasteiger partial charge on any atom is -0.446 e. The lowest BCUT2D eigenvalue weighted by Gasteiger charge is -2.18. The number of amides is 2. The van der Waals surface area contributed by atoms with Gasteiger partial charge in [0.25, 0.3) is 5.91 Å². The van der Waals surface area contributed by atoms with Crippen LogP contribution >= 0.6 is 0 Å². The van der Waals surface area contributed by atoms with Gasteiger partial charge in [-0.25, -0.2) is 14.4 Å². The summed E-state index contributed by atoms with van der Waals surface area (Å²) in [5.41, 5.74) is 4.34. The van der Waals surface area contributed by atoms with Gasteiger partial charge in [0.1, 0.15) is 18.2 Å². The summed E-state index contributed by atoms with van der Waals surface area (Å²) in [5.74, 6) is -0.412. The Hall–Kier alpha value is -3.48. The van der Waals surface area contributed by atoms with Crippen molar-refractivity contribution in [2.45, 2.75) is 13.0 Å². The molecule has 2 heterocycles. The third kappa shape index (κ3) is 2.97. The van der Waals surface area contributed by atoms with E-state index in [1.807, 2.05) is 56.4 Å². The minimum absolute atomic E-state index is 0.160. The number of hydrogen-bond acceptors (Lipinski definition) is 5. The molecule has 0 spiro atoms. The van der Waals surface area contributed by atoms with Crippen LogP contribution in [0.3, 0.4) is 0 Å². The zero-order valence-electron chi connectivity index (χ0n) is 15.0. The molecule has 1 atom stereocenters. The van der Waals surface area contributed by atoms with Crippen LogP contribution in [0.5, 0.6) is 0 Å². The van der Waals surface area contributed by atoms with Crippen LogP contribution in [0.2, 0.25) is 0 Å². The van der Waals surface area contributed by atoms with Crippen LogP contribution in [0.15, 0.2) is 48.5 Å². The molecule has 7 heteroatoms. The molecule has 1 saturated heterocycles. The number of aryl methyl sites for hydroxylation is 2. The smallest absolute Gasteiger partial charge is 0.417 e. The molecule has 4 rings (SSSR count). The van der Waals surface area contributed by atoms with Gasteiger partial charge in [0.15, 0.2) is 0 Å². The van der Waals surface area contributed by atoms with Gasteiger partial charge < -0.3 is 4.74 Å². The number of carbonyl (C=O) groups excluding carboxylic acids is 2. The van der Waals surface area contributed by atoms with E-state index in [0.717, 1.165) is 32.6 Å². The highest BCUT2D eigenvalue weighted by atomic mass is 16.6.